The molecule has 0 bridgehead atoms. The standard InChI is InChI=1S/C12H16F2N2O3/c13-12(14)9(16-5-3-15-4-6-16)7-1-2-8(17)11(19)10(7)18/h1-2,9,12,15,17-19H,3-6H2/t9-/m0/s1. The summed E-state index contributed by atoms with van der Waals surface area (Å²) in [6, 6.07) is 1.01. The van der Waals surface area contributed by atoms with E-state index in [9.17, 15) is 24.1 Å². The molecule has 1 aromatic carbocycles. The summed E-state index contributed by atoms with van der Waals surface area (Å²) in [6.07, 6.45) is -2.70. The van der Waals surface area contributed by atoms with Crippen LogP contribution in [0.3, 0.4) is 0 Å². The molecule has 0 saturated carbocycles. The zero-order chi connectivity index (χ0) is 14.0. The van der Waals surface area contributed by atoms with Gasteiger partial charge in [0.1, 0.15) is 6.04 Å². The van der Waals surface area contributed by atoms with Gasteiger partial charge in [0.25, 0.3) is 6.43 Å². The molecule has 0 amide bonds. The molecule has 1 fully saturated rings. The maximum Gasteiger partial charge on any atom is 0.258 e. The van der Waals surface area contributed by atoms with Crippen LogP contribution in [0.15, 0.2) is 12.1 Å². The molecule has 1 aliphatic rings. The fourth-order valence-corrected chi connectivity index (χ4v) is 2.28. The number of hydrogen-bond acceptors (Lipinski definition) is 5. The second-order valence-corrected chi connectivity index (χ2v) is 4.44. The molecular weight excluding hydrogens is 258 g/mol. The SMILES string of the molecule is Oc1ccc([C@@H](C(F)F)N2CCNCC2)c(O)c1O. The van der Waals surface area contributed by atoms with E-state index in [-0.39, 0.29) is 5.56 Å². The first-order valence-electron chi connectivity index (χ1n) is 5.99. The van der Waals surface area contributed by atoms with Gasteiger partial charge >= 0.3 is 0 Å². The highest BCUT2D eigenvalue weighted by Crippen LogP contribution is 2.42. The first-order valence-corrected chi connectivity index (χ1v) is 5.99. The van der Waals surface area contributed by atoms with Crippen molar-refractivity contribution in [1.29, 1.82) is 0 Å². The van der Waals surface area contributed by atoms with Crippen molar-refractivity contribution in [1.82, 2.24) is 10.2 Å². The molecule has 19 heavy (non-hydrogen) atoms. The maximum atomic E-state index is 13.3. The Morgan fingerprint density at radius 2 is 1.68 bits per heavy atom. The quantitative estimate of drug-likeness (QED) is 0.619. The molecule has 2 rings (SSSR count). The van der Waals surface area contributed by atoms with E-state index < -0.39 is 29.7 Å². The fourth-order valence-electron chi connectivity index (χ4n) is 2.28. The third-order valence-electron chi connectivity index (χ3n) is 3.26. The predicted octanol–water partition coefficient (Wildman–Crippen LogP) is 1.01. The number of rotatable bonds is 3. The van der Waals surface area contributed by atoms with Gasteiger partial charge in [0.15, 0.2) is 11.5 Å². The van der Waals surface area contributed by atoms with Crippen molar-refractivity contribution < 1.29 is 24.1 Å². The van der Waals surface area contributed by atoms with Crippen LogP contribution in [0.25, 0.3) is 0 Å². The maximum absolute atomic E-state index is 13.3. The van der Waals surface area contributed by atoms with Gasteiger partial charge in [-0.15, -0.1) is 0 Å². The van der Waals surface area contributed by atoms with Gasteiger partial charge in [0, 0.05) is 31.7 Å². The van der Waals surface area contributed by atoms with Crippen LogP contribution >= 0.6 is 0 Å². The minimum atomic E-state index is -2.70. The molecule has 106 valence electrons. The predicted molar refractivity (Wildman–Crippen MR) is 64.6 cm³/mol. The van der Waals surface area contributed by atoms with Crippen molar-refractivity contribution in [3.63, 3.8) is 0 Å². The Hall–Kier alpha value is -1.60. The lowest BCUT2D eigenvalue weighted by molar-refractivity contribution is 0.0168. The van der Waals surface area contributed by atoms with Gasteiger partial charge in [0.2, 0.25) is 5.75 Å². The lowest BCUT2D eigenvalue weighted by Crippen LogP contribution is -2.46. The second-order valence-electron chi connectivity index (χ2n) is 4.44. The topological polar surface area (TPSA) is 76.0 Å². The molecule has 0 spiro atoms. The third kappa shape index (κ3) is 2.71. The summed E-state index contributed by atoms with van der Waals surface area (Å²) in [5.41, 5.74) is -0.0767. The lowest BCUT2D eigenvalue weighted by atomic mass is 10.0. The molecular formula is C12H16F2N2O3. The summed E-state index contributed by atoms with van der Waals surface area (Å²) in [6.45, 7) is 2.04. The highest BCUT2D eigenvalue weighted by atomic mass is 19.3. The van der Waals surface area contributed by atoms with Crippen LogP contribution in [-0.2, 0) is 0 Å². The van der Waals surface area contributed by atoms with Crippen molar-refractivity contribution in [3.8, 4) is 17.2 Å². The summed E-state index contributed by atoms with van der Waals surface area (Å²) in [4.78, 5) is 1.55. The zero-order valence-corrected chi connectivity index (χ0v) is 10.2. The number of phenols is 3. The first-order chi connectivity index (χ1) is 9.02. The van der Waals surface area contributed by atoms with Gasteiger partial charge in [-0.3, -0.25) is 4.90 Å². The van der Waals surface area contributed by atoms with Crippen molar-refractivity contribution >= 4 is 0 Å². The van der Waals surface area contributed by atoms with Crippen LogP contribution in [0.1, 0.15) is 11.6 Å². The molecule has 5 nitrogen and oxygen atoms in total. The van der Waals surface area contributed by atoms with Gasteiger partial charge in [0.05, 0.1) is 0 Å². The Morgan fingerprint density at radius 1 is 1.05 bits per heavy atom. The van der Waals surface area contributed by atoms with Gasteiger partial charge in [-0.25, -0.2) is 8.78 Å². The number of phenolic OH excluding ortho intramolecular Hbond substituents is 3. The zero-order valence-electron chi connectivity index (χ0n) is 10.2. The highest BCUT2D eigenvalue weighted by molar-refractivity contribution is 5.54. The minimum Gasteiger partial charge on any atom is -0.504 e. The largest absolute Gasteiger partial charge is 0.504 e. The molecule has 1 atom stereocenters. The van der Waals surface area contributed by atoms with E-state index in [0.717, 1.165) is 6.07 Å². The fraction of sp³-hybridized carbons (Fsp3) is 0.500. The number of nitrogens with zero attached hydrogens (tertiary/aromatic N) is 1. The molecule has 7 heteroatoms. The number of nitrogens with one attached hydrogen (secondary N) is 1. The van der Waals surface area contributed by atoms with E-state index in [1.165, 1.54) is 6.07 Å². The van der Waals surface area contributed by atoms with Gasteiger partial charge in [-0.2, -0.15) is 0 Å². The Kier molecular flexibility index (Phi) is 4.06. The Labute approximate surface area is 109 Å². The Bertz CT molecular complexity index is 451. The minimum absolute atomic E-state index is 0.0767. The van der Waals surface area contributed by atoms with Crippen LogP contribution in [0.4, 0.5) is 8.78 Å². The molecule has 0 aromatic heterocycles. The smallest absolute Gasteiger partial charge is 0.258 e. The molecule has 0 aliphatic carbocycles. The number of alkyl halides is 2. The normalized spacial score (nSPS) is 18.7. The molecule has 4 N–H and O–H groups in total. The van der Waals surface area contributed by atoms with Crippen LogP contribution in [-0.4, -0.2) is 52.8 Å². The molecule has 1 aliphatic heterocycles. The van der Waals surface area contributed by atoms with Gasteiger partial charge < -0.3 is 20.6 Å². The summed E-state index contributed by atoms with van der Waals surface area (Å²) < 4.78 is 26.5. The first kappa shape index (κ1) is 13.8. The van der Waals surface area contributed by atoms with E-state index in [0.29, 0.717) is 26.2 Å². The van der Waals surface area contributed by atoms with E-state index in [4.69, 9.17) is 0 Å². The number of halogens is 2. The van der Waals surface area contributed by atoms with Crippen molar-refractivity contribution in [2.45, 2.75) is 12.5 Å². The van der Waals surface area contributed by atoms with Crippen LogP contribution in [0.5, 0.6) is 17.2 Å². The average molecular weight is 274 g/mol. The number of aromatic hydroxyl groups is 3. The van der Waals surface area contributed by atoms with Crippen LogP contribution in [0, 0.1) is 0 Å². The van der Waals surface area contributed by atoms with Crippen molar-refractivity contribution in [2.75, 3.05) is 26.2 Å². The van der Waals surface area contributed by atoms with Gasteiger partial charge in [-0.1, -0.05) is 0 Å². The number of hydrogen-bond donors (Lipinski definition) is 4. The molecule has 0 unspecified atom stereocenters. The van der Waals surface area contributed by atoms with E-state index in [1.54, 1.807) is 4.90 Å². The highest BCUT2D eigenvalue weighted by Gasteiger charge is 2.33. The molecule has 1 saturated heterocycles. The Morgan fingerprint density at radius 3 is 2.26 bits per heavy atom. The van der Waals surface area contributed by atoms with Gasteiger partial charge in [-0.05, 0) is 12.1 Å². The molecule has 1 heterocycles. The second kappa shape index (κ2) is 5.58. The van der Waals surface area contributed by atoms with Crippen molar-refractivity contribution in [3.05, 3.63) is 17.7 Å². The lowest BCUT2D eigenvalue weighted by Gasteiger charge is -2.34. The monoisotopic (exact) mass is 274 g/mol. The summed E-state index contributed by atoms with van der Waals surface area (Å²) >= 11 is 0. The van der Waals surface area contributed by atoms with E-state index in [2.05, 4.69) is 5.32 Å². The Balaban J connectivity index is 2.36. The molecule has 1 aromatic rings. The van der Waals surface area contributed by atoms with E-state index >= 15 is 0 Å². The molecule has 0 radical (unpaired) electrons. The summed E-state index contributed by atoms with van der Waals surface area (Å²) in [7, 11) is 0. The van der Waals surface area contributed by atoms with Crippen LogP contribution in [0.2, 0.25) is 0 Å². The summed E-state index contributed by atoms with van der Waals surface area (Å²) in [5.74, 6) is -1.99. The number of benzene rings is 1. The van der Waals surface area contributed by atoms with Crippen molar-refractivity contribution in [2.24, 2.45) is 0 Å². The average Bonchev–Trinajstić information content (AvgIpc) is 2.40. The van der Waals surface area contributed by atoms with Crippen LogP contribution < -0.4 is 5.32 Å². The number of piperazine rings is 1. The third-order valence-corrected chi connectivity index (χ3v) is 3.26. The van der Waals surface area contributed by atoms with E-state index in [1.807, 2.05) is 0 Å². The summed E-state index contributed by atoms with van der Waals surface area (Å²) in [5, 5.41) is 31.5.